The van der Waals surface area contributed by atoms with Crippen LogP contribution < -0.4 is 5.32 Å². The van der Waals surface area contributed by atoms with E-state index in [-0.39, 0.29) is 10.3 Å². The first kappa shape index (κ1) is 12.5. The molecule has 1 atom stereocenters. The standard InChI is InChI=1S/C9H13Cl2N3O/c1-5(15)9(2,3)12-6-4-7(10)13-14-8(6)11/h4-5,15H,1-3H3,(H,12,13). The Labute approximate surface area is 98.6 Å². The molecule has 1 aromatic heterocycles. The zero-order chi connectivity index (χ0) is 11.6. The van der Waals surface area contributed by atoms with E-state index in [1.165, 1.54) is 0 Å². The van der Waals surface area contributed by atoms with Crippen LogP contribution in [0.4, 0.5) is 5.69 Å². The Morgan fingerprint density at radius 1 is 1.40 bits per heavy atom. The molecule has 0 spiro atoms. The van der Waals surface area contributed by atoms with Crippen molar-refractivity contribution in [3.05, 3.63) is 16.4 Å². The molecule has 1 unspecified atom stereocenters. The summed E-state index contributed by atoms with van der Waals surface area (Å²) in [5.74, 6) is 0. The van der Waals surface area contributed by atoms with Crippen molar-refractivity contribution in [2.45, 2.75) is 32.4 Å². The van der Waals surface area contributed by atoms with E-state index in [1.54, 1.807) is 13.0 Å². The van der Waals surface area contributed by atoms with Crippen LogP contribution in [0.15, 0.2) is 6.07 Å². The average molecular weight is 250 g/mol. The highest BCUT2D eigenvalue weighted by molar-refractivity contribution is 6.33. The van der Waals surface area contributed by atoms with Crippen molar-refractivity contribution < 1.29 is 5.11 Å². The summed E-state index contributed by atoms with van der Waals surface area (Å²) < 4.78 is 0. The van der Waals surface area contributed by atoms with Gasteiger partial charge in [-0.2, -0.15) is 0 Å². The van der Waals surface area contributed by atoms with Crippen molar-refractivity contribution in [2.75, 3.05) is 5.32 Å². The van der Waals surface area contributed by atoms with Gasteiger partial charge >= 0.3 is 0 Å². The topological polar surface area (TPSA) is 58.0 Å². The molecule has 0 saturated heterocycles. The van der Waals surface area contributed by atoms with Gasteiger partial charge in [0, 0.05) is 6.07 Å². The number of nitrogens with zero attached hydrogens (tertiary/aromatic N) is 2. The van der Waals surface area contributed by atoms with Gasteiger partial charge in [0.15, 0.2) is 10.3 Å². The minimum atomic E-state index is -0.541. The molecule has 0 aliphatic carbocycles. The van der Waals surface area contributed by atoms with Gasteiger partial charge in [0.2, 0.25) is 0 Å². The largest absolute Gasteiger partial charge is 0.391 e. The van der Waals surface area contributed by atoms with E-state index in [9.17, 15) is 5.11 Å². The number of aliphatic hydroxyl groups is 1. The van der Waals surface area contributed by atoms with Gasteiger partial charge in [0.05, 0.1) is 17.3 Å². The summed E-state index contributed by atoms with van der Waals surface area (Å²) in [5.41, 5.74) is 0.0401. The van der Waals surface area contributed by atoms with Gasteiger partial charge in [-0.05, 0) is 20.8 Å². The number of aliphatic hydroxyl groups excluding tert-OH is 1. The lowest BCUT2D eigenvalue weighted by molar-refractivity contribution is 0.133. The maximum Gasteiger partial charge on any atom is 0.174 e. The number of hydrogen-bond donors (Lipinski definition) is 2. The van der Waals surface area contributed by atoms with Crippen molar-refractivity contribution in [1.82, 2.24) is 10.2 Å². The van der Waals surface area contributed by atoms with Crippen LogP contribution in [0.1, 0.15) is 20.8 Å². The predicted octanol–water partition coefficient (Wildman–Crippen LogP) is 2.35. The molecule has 0 aliphatic heterocycles. The molecule has 15 heavy (non-hydrogen) atoms. The van der Waals surface area contributed by atoms with Crippen LogP contribution in [-0.4, -0.2) is 26.9 Å². The molecule has 0 amide bonds. The lowest BCUT2D eigenvalue weighted by atomic mass is 9.98. The second-order valence-electron chi connectivity index (χ2n) is 3.89. The van der Waals surface area contributed by atoms with Crippen LogP contribution in [-0.2, 0) is 0 Å². The molecule has 1 aromatic rings. The van der Waals surface area contributed by atoms with Gasteiger partial charge in [-0.3, -0.25) is 0 Å². The van der Waals surface area contributed by atoms with Crippen molar-refractivity contribution in [3.8, 4) is 0 Å². The maximum absolute atomic E-state index is 9.53. The zero-order valence-electron chi connectivity index (χ0n) is 8.75. The number of nitrogens with one attached hydrogen (secondary N) is 1. The molecule has 2 N–H and O–H groups in total. The summed E-state index contributed by atoms with van der Waals surface area (Å²) in [4.78, 5) is 0. The van der Waals surface area contributed by atoms with E-state index in [0.717, 1.165) is 0 Å². The van der Waals surface area contributed by atoms with E-state index in [1.807, 2.05) is 13.8 Å². The first-order chi connectivity index (χ1) is 6.83. The number of rotatable bonds is 3. The Morgan fingerprint density at radius 3 is 2.53 bits per heavy atom. The minimum Gasteiger partial charge on any atom is -0.391 e. The monoisotopic (exact) mass is 249 g/mol. The molecule has 0 radical (unpaired) electrons. The van der Waals surface area contributed by atoms with Crippen LogP contribution in [0.3, 0.4) is 0 Å². The predicted molar refractivity (Wildman–Crippen MR) is 61.4 cm³/mol. The third-order valence-corrected chi connectivity index (χ3v) is 2.68. The van der Waals surface area contributed by atoms with Crippen molar-refractivity contribution in [3.63, 3.8) is 0 Å². The summed E-state index contributed by atoms with van der Waals surface area (Å²) in [5, 5.41) is 20.3. The van der Waals surface area contributed by atoms with Gasteiger partial charge in [-0.25, -0.2) is 0 Å². The Balaban J connectivity index is 2.94. The first-order valence-corrected chi connectivity index (χ1v) is 5.23. The van der Waals surface area contributed by atoms with Crippen LogP contribution in [0.2, 0.25) is 10.3 Å². The summed E-state index contributed by atoms with van der Waals surface area (Å²) in [7, 11) is 0. The van der Waals surface area contributed by atoms with E-state index >= 15 is 0 Å². The molecule has 1 rings (SSSR count). The lowest BCUT2D eigenvalue weighted by Gasteiger charge is -2.30. The highest BCUT2D eigenvalue weighted by atomic mass is 35.5. The third-order valence-electron chi connectivity index (χ3n) is 2.22. The highest BCUT2D eigenvalue weighted by Gasteiger charge is 2.24. The Hall–Kier alpha value is -0.580. The second kappa shape index (κ2) is 4.51. The molecule has 0 aliphatic rings. The summed E-state index contributed by atoms with van der Waals surface area (Å²) in [6, 6.07) is 1.57. The van der Waals surface area contributed by atoms with Gasteiger partial charge in [0.1, 0.15) is 0 Å². The smallest absolute Gasteiger partial charge is 0.174 e. The fourth-order valence-corrected chi connectivity index (χ4v) is 1.18. The van der Waals surface area contributed by atoms with E-state index in [4.69, 9.17) is 23.2 Å². The molecular weight excluding hydrogens is 237 g/mol. The SMILES string of the molecule is CC(O)C(C)(C)Nc1cc(Cl)nnc1Cl. The van der Waals surface area contributed by atoms with Crippen molar-refractivity contribution in [2.24, 2.45) is 0 Å². The molecule has 0 aromatic carbocycles. The van der Waals surface area contributed by atoms with E-state index in [2.05, 4.69) is 15.5 Å². The fourth-order valence-electron chi connectivity index (χ4n) is 0.892. The number of halogens is 2. The van der Waals surface area contributed by atoms with Gasteiger partial charge in [-0.15, -0.1) is 10.2 Å². The molecule has 4 nitrogen and oxygen atoms in total. The lowest BCUT2D eigenvalue weighted by Crippen LogP contribution is -2.42. The van der Waals surface area contributed by atoms with Crippen molar-refractivity contribution in [1.29, 1.82) is 0 Å². The van der Waals surface area contributed by atoms with Crippen LogP contribution in [0, 0.1) is 0 Å². The van der Waals surface area contributed by atoms with E-state index in [0.29, 0.717) is 5.69 Å². The number of aromatic nitrogens is 2. The third kappa shape index (κ3) is 3.19. The average Bonchev–Trinajstić information content (AvgIpc) is 2.10. The maximum atomic E-state index is 9.53. The normalized spacial score (nSPS) is 13.7. The van der Waals surface area contributed by atoms with Gasteiger partial charge in [-0.1, -0.05) is 23.2 Å². The summed E-state index contributed by atoms with van der Waals surface area (Å²) in [6.45, 7) is 5.39. The molecule has 0 bridgehead atoms. The Bertz CT molecular complexity index is 355. The van der Waals surface area contributed by atoms with Gasteiger partial charge in [0.25, 0.3) is 0 Å². The first-order valence-electron chi connectivity index (χ1n) is 4.48. The molecule has 0 fully saturated rings. The number of anilines is 1. The second-order valence-corrected chi connectivity index (χ2v) is 4.64. The minimum absolute atomic E-state index is 0.230. The highest BCUT2D eigenvalue weighted by Crippen LogP contribution is 2.25. The molecule has 0 saturated carbocycles. The van der Waals surface area contributed by atoms with Crippen LogP contribution >= 0.6 is 23.2 Å². The van der Waals surface area contributed by atoms with Crippen LogP contribution in [0.25, 0.3) is 0 Å². The van der Waals surface area contributed by atoms with Crippen molar-refractivity contribution >= 4 is 28.9 Å². The Morgan fingerprint density at radius 2 is 2.00 bits per heavy atom. The molecular formula is C9H13Cl2N3O. The number of hydrogen-bond acceptors (Lipinski definition) is 4. The Kier molecular flexibility index (Phi) is 3.76. The molecule has 6 heteroatoms. The quantitative estimate of drug-likeness (QED) is 0.864. The zero-order valence-corrected chi connectivity index (χ0v) is 10.3. The van der Waals surface area contributed by atoms with Gasteiger partial charge < -0.3 is 10.4 Å². The fraction of sp³-hybridized carbons (Fsp3) is 0.556. The molecule has 84 valence electrons. The summed E-state index contributed by atoms with van der Waals surface area (Å²) >= 11 is 11.5. The van der Waals surface area contributed by atoms with E-state index < -0.39 is 11.6 Å². The molecule has 1 heterocycles. The summed E-state index contributed by atoms with van der Waals surface area (Å²) in [6.07, 6.45) is -0.541. The van der Waals surface area contributed by atoms with Crippen LogP contribution in [0.5, 0.6) is 0 Å².